The Bertz CT molecular complexity index is 2650. The number of fused-ring (bicyclic) bond motifs is 11. The number of nitrogens with zero attached hydrogens (tertiary/aromatic N) is 1. The van der Waals surface area contributed by atoms with Crippen LogP contribution in [0, 0.1) is 0 Å². The Morgan fingerprint density at radius 1 is 0.400 bits per heavy atom. The fourth-order valence-corrected chi connectivity index (χ4v) is 7.89. The molecule has 0 saturated carbocycles. The summed E-state index contributed by atoms with van der Waals surface area (Å²) in [7, 11) is 0. The van der Waals surface area contributed by atoms with Crippen molar-refractivity contribution in [3.8, 4) is 5.69 Å². The summed E-state index contributed by atoms with van der Waals surface area (Å²) in [5.41, 5.74) is 9.27. The molecule has 0 spiro atoms. The van der Waals surface area contributed by atoms with Gasteiger partial charge in [-0.15, -0.1) is 0 Å². The van der Waals surface area contributed by atoms with Gasteiger partial charge in [-0.25, -0.2) is 0 Å². The quantitative estimate of drug-likeness (QED) is 0.182. The van der Waals surface area contributed by atoms with Gasteiger partial charge in [0.25, 0.3) is 0 Å². The van der Waals surface area contributed by atoms with Crippen molar-refractivity contribution in [2.45, 2.75) is 12.8 Å². The van der Waals surface area contributed by atoms with Gasteiger partial charge in [-0.05, 0) is 109 Å². The van der Waals surface area contributed by atoms with Crippen LogP contribution in [0.1, 0.15) is 23.1 Å². The van der Waals surface area contributed by atoms with E-state index in [0.717, 1.165) is 12.8 Å². The second-order valence-corrected chi connectivity index (χ2v) is 12.5. The van der Waals surface area contributed by atoms with E-state index in [2.05, 4.69) is 156 Å². The first-order chi connectivity index (χ1) is 22.3. The second-order valence-electron chi connectivity index (χ2n) is 12.5. The third-order valence-corrected chi connectivity index (χ3v) is 10.1. The molecule has 1 aliphatic carbocycles. The molecular formula is C44H29N. The van der Waals surface area contributed by atoms with Crippen LogP contribution < -0.4 is 0 Å². The van der Waals surface area contributed by atoms with Gasteiger partial charge in [0.15, 0.2) is 0 Å². The third kappa shape index (κ3) is 3.68. The Balaban J connectivity index is 1.08. The molecule has 0 atom stereocenters. The van der Waals surface area contributed by atoms with E-state index in [9.17, 15) is 0 Å². The van der Waals surface area contributed by atoms with E-state index in [1.807, 2.05) is 0 Å². The van der Waals surface area contributed by atoms with Crippen LogP contribution >= 0.6 is 0 Å². The number of hydrogen-bond acceptors (Lipinski definition) is 0. The van der Waals surface area contributed by atoms with Crippen molar-refractivity contribution in [3.63, 3.8) is 0 Å². The number of aryl methyl sites for hydroxylation is 1. The Morgan fingerprint density at radius 2 is 1.00 bits per heavy atom. The molecule has 45 heavy (non-hydrogen) atoms. The number of allylic oxidation sites excluding steroid dienone is 1. The normalized spacial score (nSPS) is 13.3. The summed E-state index contributed by atoms with van der Waals surface area (Å²) >= 11 is 0. The van der Waals surface area contributed by atoms with Crippen LogP contribution in [-0.4, -0.2) is 4.57 Å². The van der Waals surface area contributed by atoms with Crippen molar-refractivity contribution in [3.05, 3.63) is 162 Å². The van der Waals surface area contributed by atoms with E-state index in [-0.39, 0.29) is 0 Å². The zero-order valence-electron chi connectivity index (χ0n) is 24.8. The fourth-order valence-electron chi connectivity index (χ4n) is 7.89. The average molecular weight is 572 g/mol. The molecule has 1 heteroatoms. The molecule has 0 radical (unpaired) electrons. The lowest BCUT2D eigenvalue weighted by molar-refractivity contribution is 1.01. The molecule has 0 fully saturated rings. The standard InChI is InChI=1S/C44H29N/c1-2-8-35-28(7-1)17-23-39-38(35)22-18-29-13-14-31(27-42(29)39)30-19-21-36-32(25-30)15-16-33-26-34(20-24-37(33)36)45-43-11-5-3-9-40(43)41-10-4-6-12-44(41)45/h1-12,15-27H,13-14H2. The maximum absolute atomic E-state index is 2.45. The van der Waals surface area contributed by atoms with Gasteiger partial charge in [-0.3, -0.25) is 0 Å². The highest BCUT2D eigenvalue weighted by Gasteiger charge is 2.17. The molecule has 0 bridgehead atoms. The highest BCUT2D eigenvalue weighted by Crippen LogP contribution is 2.39. The van der Waals surface area contributed by atoms with Crippen LogP contribution in [0.4, 0.5) is 0 Å². The molecule has 0 unspecified atom stereocenters. The smallest absolute Gasteiger partial charge is 0.0541 e. The highest BCUT2D eigenvalue weighted by atomic mass is 15.0. The molecular weight excluding hydrogens is 542 g/mol. The predicted molar refractivity (Wildman–Crippen MR) is 193 cm³/mol. The largest absolute Gasteiger partial charge is 0.309 e. The predicted octanol–water partition coefficient (Wildman–Crippen LogP) is 11.9. The molecule has 1 nitrogen and oxygen atoms in total. The molecule has 1 aliphatic rings. The van der Waals surface area contributed by atoms with Crippen molar-refractivity contribution < 1.29 is 0 Å². The molecule has 0 N–H and O–H groups in total. The van der Waals surface area contributed by atoms with E-state index in [1.165, 1.54) is 92.8 Å². The van der Waals surface area contributed by atoms with E-state index in [4.69, 9.17) is 0 Å². The minimum Gasteiger partial charge on any atom is -0.309 e. The van der Waals surface area contributed by atoms with Crippen LogP contribution in [0.25, 0.3) is 82.2 Å². The summed E-state index contributed by atoms with van der Waals surface area (Å²) in [6, 6.07) is 54.0. The summed E-state index contributed by atoms with van der Waals surface area (Å²) in [6.07, 6.45) is 4.59. The van der Waals surface area contributed by atoms with Gasteiger partial charge < -0.3 is 4.57 Å². The molecule has 1 heterocycles. The highest BCUT2D eigenvalue weighted by molar-refractivity contribution is 6.13. The fraction of sp³-hybridized carbons (Fsp3) is 0.0455. The van der Waals surface area contributed by atoms with Gasteiger partial charge >= 0.3 is 0 Å². The lowest BCUT2D eigenvalue weighted by Crippen LogP contribution is -2.00. The van der Waals surface area contributed by atoms with Gasteiger partial charge in [0.05, 0.1) is 11.0 Å². The van der Waals surface area contributed by atoms with Crippen LogP contribution in [0.5, 0.6) is 0 Å². The minimum absolute atomic E-state index is 1.06. The van der Waals surface area contributed by atoms with Crippen molar-refractivity contribution in [1.29, 1.82) is 0 Å². The Labute approximate surface area is 261 Å². The molecule has 0 saturated heterocycles. The van der Waals surface area contributed by atoms with Crippen LogP contribution in [-0.2, 0) is 6.42 Å². The molecule has 0 amide bonds. The first-order valence-corrected chi connectivity index (χ1v) is 15.9. The zero-order valence-corrected chi connectivity index (χ0v) is 24.8. The van der Waals surface area contributed by atoms with Crippen molar-refractivity contribution in [2.75, 3.05) is 0 Å². The molecule has 210 valence electrons. The minimum atomic E-state index is 1.06. The molecule has 8 aromatic carbocycles. The van der Waals surface area contributed by atoms with E-state index >= 15 is 0 Å². The number of benzene rings is 8. The summed E-state index contributed by atoms with van der Waals surface area (Å²) in [5, 5.41) is 13.1. The van der Waals surface area contributed by atoms with Crippen molar-refractivity contribution in [1.82, 2.24) is 4.57 Å². The number of hydrogen-bond donors (Lipinski definition) is 0. The van der Waals surface area contributed by atoms with Gasteiger partial charge in [-0.1, -0.05) is 121 Å². The summed E-state index contributed by atoms with van der Waals surface area (Å²) in [4.78, 5) is 0. The number of para-hydroxylation sites is 2. The Hall–Kier alpha value is -5.66. The maximum atomic E-state index is 2.45. The molecule has 0 aliphatic heterocycles. The van der Waals surface area contributed by atoms with Gasteiger partial charge in [-0.2, -0.15) is 0 Å². The van der Waals surface area contributed by atoms with E-state index in [0.29, 0.717) is 0 Å². The van der Waals surface area contributed by atoms with Gasteiger partial charge in [0.2, 0.25) is 0 Å². The Morgan fingerprint density at radius 3 is 1.80 bits per heavy atom. The summed E-state index contributed by atoms with van der Waals surface area (Å²) in [6.45, 7) is 0. The first kappa shape index (κ1) is 24.7. The van der Waals surface area contributed by atoms with Gasteiger partial charge in [0.1, 0.15) is 0 Å². The number of aromatic nitrogens is 1. The summed E-state index contributed by atoms with van der Waals surface area (Å²) in [5.74, 6) is 0. The van der Waals surface area contributed by atoms with E-state index in [1.54, 1.807) is 0 Å². The first-order valence-electron chi connectivity index (χ1n) is 15.9. The van der Waals surface area contributed by atoms with Gasteiger partial charge in [0, 0.05) is 16.5 Å². The van der Waals surface area contributed by atoms with Crippen LogP contribution in [0.2, 0.25) is 0 Å². The number of rotatable bonds is 2. The maximum Gasteiger partial charge on any atom is 0.0541 e. The van der Waals surface area contributed by atoms with E-state index < -0.39 is 0 Å². The lowest BCUT2D eigenvalue weighted by Gasteiger charge is -2.20. The summed E-state index contributed by atoms with van der Waals surface area (Å²) < 4.78 is 2.40. The Kier molecular flexibility index (Phi) is 5.18. The van der Waals surface area contributed by atoms with Crippen molar-refractivity contribution >= 4 is 76.5 Å². The molecule has 10 rings (SSSR count). The van der Waals surface area contributed by atoms with Crippen LogP contribution in [0.3, 0.4) is 0 Å². The second kappa shape index (κ2) is 9.42. The van der Waals surface area contributed by atoms with Crippen LogP contribution in [0.15, 0.2) is 146 Å². The molecule has 9 aromatic rings. The zero-order chi connectivity index (χ0) is 29.5. The van der Waals surface area contributed by atoms with Crippen molar-refractivity contribution in [2.24, 2.45) is 0 Å². The monoisotopic (exact) mass is 571 g/mol. The third-order valence-electron chi connectivity index (χ3n) is 10.1. The lowest BCUT2D eigenvalue weighted by atomic mass is 9.84. The SMILES string of the molecule is C1=C(c2ccc3c(ccc4cc(-n5c6ccccc6c6ccccc65)ccc43)c2)CCc2ccc3c(ccc4ccccc43)c21. The average Bonchev–Trinajstić information content (AvgIpc) is 3.45. The molecule has 1 aromatic heterocycles. The topological polar surface area (TPSA) is 4.93 Å².